The van der Waals surface area contributed by atoms with E-state index in [1.165, 1.54) is 6.92 Å². The first-order valence-corrected chi connectivity index (χ1v) is 7.62. The van der Waals surface area contributed by atoms with Crippen molar-refractivity contribution in [2.24, 2.45) is 0 Å². The molecule has 1 N–H and O–H groups in total. The van der Waals surface area contributed by atoms with Gasteiger partial charge in [-0.1, -0.05) is 35.9 Å². The molecule has 2 aromatic carbocycles. The summed E-state index contributed by atoms with van der Waals surface area (Å²) in [5, 5.41) is 3.50. The van der Waals surface area contributed by atoms with Crippen molar-refractivity contribution in [3.8, 4) is 5.75 Å². The fourth-order valence-corrected chi connectivity index (χ4v) is 2.20. The van der Waals surface area contributed by atoms with Gasteiger partial charge in [-0.15, -0.1) is 0 Å². The van der Waals surface area contributed by atoms with Crippen LogP contribution in [0, 0.1) is 0 Å². The van der Waals surface area contributed by atoms with E-state index in [1.807, 2.05) is 19.1 Å². The van der Waals surface area contributed by atoms with E-state index in [4.69, 9.17) is 16.3 Å². The smallest absolute Gasteiger partial charge is 0.258 e. The first-order valence-electron chi connectivity index (χ1n) is 7.24. The molecule has 0 saturated carbocycles. The molecule has 0 heterocycles. The number of carbonyl (C=O) groups excluding carboxylic acids is 2. The third kappa shape index (κ3) is 5.11. The van der Waals surface area contributed by atoms with Crippen LogP contribution in [0.1, 0.15) is 35.8 Å². The van der Waals surface area contributed by atoms with E-state index in [0.29, 0.717) is 16.3 Å². The second-order valence-corrected chi connectivity index (χ2v) is 5.65. The van der Waals surface area contributed by atoms with Crippen LogP contribution in [0.5, 0.6) is 5.75 Å². The van der Waals surface area contributed by atoms with Gasteiger partial charge in [0.25, 0.3) is 5.91 Å². The highest BCUT2D eigenvalue weighted by Crippen LogP contribution is 2.16. The van der Waals surface area contributed by atoms with Gasteiger partial charge in [-0.05, 0) is 43.7 Å². The lowest BCUT2D eigenvalue weighted by molar-refractivity contribution is -0.123. The summed E-state index contributed by atoms with van der Waals surface area (Å²) >= 11 is 5.84. The minimum absolute atomic E-state index is 0.0451. The summed E-state index contributed by atoms with van der Waals surface area (Å²) in [6, 6.07) is 13.9. The van der Waals surface area contributed by atoms with Gasteiger partial charge in [0.1, 0.15) is 5.75 Å². The fourth-order valence-electron chi connectivity index (χ4n) is 2.07. The Morgan fingerprint density at radius 2 is 1.87 bits per heavy atom. The van der Waals surface area contributed by atoms with E-state index in [-0.39, 0.29) is 24.3 Å². The molecule has 0 aliphatic heterocycles. The standard InChI is InChI=1S/C18H18ClNO3/c1-12(14-6-8-16(19)9-7-14)20-18(22)11-23-17-5-3-4-15(10-17)13(2)21/h3-10,12H,11H2,1-2H3,(H,20,22)/t12-/m1/s1. The zero-order valence-corrected chi connectivity index (χ0v) is 13.8. The zero-order valence-electron chi connectivity index (χ0n) is 13.0. The van der Waals surface area contributed by atoms with Crippen LogP contribution in [-0.4, -0.2) is 18.3 Å². The minimum Gasteiger partial charge on any atom is -0.484 e. The topological polar surface area (TPSA) is 55.4 Å². The summed E-state index contributed by atoms with van der Waals surface area (Å²) in [5.74, 6) is 0.212. The fraction of sp³-hybridized carbons (Fsp3) is 0.222. The van der Waals surface area contributed by atoms with Crippen LogP contribution in [0.4, 0.5) is 0 Å². The van der Waals surface area contributed by atoms with Crippen LogP contribution in [0.15, 0.2) is 48.5 Å². The van der Waals surface area contributed by atoms with Crippen molar-refractivity contribution in [3.05, 3.63) is 64.7 Å². The van der Waals surface area contributed by atoms with E-state index >= 15 is 0 Å². The highest BCUT2D eigenvalue weighted by atomic mass is 35.5. The summed E-state index contributed by atoms with van der Waals surface area (Å²) in [6.07, 6.45) is 0. The predicted molar refractivity (Wildman–Crippen MR) is 90.0 cm³/mol. The first-order chi connectivity index (χ1) is 11.0. The van der Waals surface area contributed by atoms with Crippen molar-refractivity contribution in [3.63, 3.8) is 0 Å². The molecular weight excluding hydrogens is 314 g/mol. The Morgan fingerprint density at radius 1 is 1.17 bits per heavy atom. The summed E-state index contributed by atoms with van der Waals surface area (Å²) in [4.78, 5) is 23.3. The average Bonchev–Trinajstić information content (AvgIpc) is 2.53. The number of Topliss-reactive ketones (excluding diaryl/α,β-unsaturated/α-hetero) is 1. The number of halogens is 1. The minimum atomic E-state index is -0.235. The molecule has 0 fully saturated rings. The second-order valence-electron chi connectivity index (χ2n) is 5.21. The molecule has 0 aliphatic rings. The molecule has 5 heteroatoms. The summed E-state index contributed by atoms with van der Waals surface area (Å²) < 4.78 is 5.43. The zero-order chi connectivity index (χ0) is 16.8. The van der Waals surface area contributed by atoms with Gasteiger partial charge in [0.05, 0.1) is 6.04 Å². The van der Waals surface area contributed by atoms with Crippen LogP contribution in [0.2, 0.25) is 5.02 Å². The predicted octanol–water partition coefficient (Wildman–Crippen LogP) is 3.80. The SMILES string of the molecule is CC(=O)c1cccc(OCC(=O)N[C@H](C)c2ccc(Cl)cc2)c1. The van der Waals surface area contributed by atoms with Crippen molar-refractivity contribution < 1.29 is 14.3 Å². The molecule has 2 rings (SSSR count). The lowest BCUT2D eigenvalue weighted by Crippen LogP contribution is -2.31. The van der Waals surface area contributed by atoms with E-state index in [1.54, 1.807) is 36.4 Å². The molecule has 0 radical (unpaired) electrons. The number of ether oxygens (including phenoxy) is 1. The molecule has 0 aliphatic carbocycles. The highest BCUT2D eigenvalue weighted by Gasteiger charge is 2.10. The van der Waals surface area contributed by atoms with E-state index in [0.717, 1.165) is 5.56 Å². The number of carbonyl (C=O) groups is 2. The Morgan fingerprint density at radius 3 is 2.52 bits per heavy atom. The Hall–Kier alpha value is -2.33. The van der Waals surface area contributed by atoms with Gasteiger partial charge < -0.3 is 10.1 Å². The van der Waals surface area contributed by atoms with E-state index < -0.39 is 0 Å². The van der Waals surface area contributed by atoms with Crippen molar-refractivity contribution >= 4 is 23.3 Å². The van der Waals surface area contributed by atoms with Gasteiger partial charge in [0.15, 0.2) is 12.4 Å². The number of benzene rings is 2. The maximum Gasteiger partial charge on any atom is 0.258 e. The maximum atomic E-state index is 12.0. The van der Waals surface area contributed by atoms with Crippen LogP contribution in [0.25, 0.3) is 0 Å². The molecule has 0 aromatic heterocycles. The van der Waals surface area contributed by atoms with Gasteiger partial charge in [-0.3, -0.25) is 9.59 Å². The van der Waals surface area contributed by atoms with Crippen LogP contribution >= 0.6 is 11.6 Å². The number of hydrogen-bond acceptors (Lipinski definition) is 3. The summed E-state index contributed by atoms with van der Waals surface area (Å²) in [6.45, 7) is 3.26. The maximum absolute atomic E-state index is 12.0. The van der Waals surface area contributed by atoms with Crippen LogP contribution < -0.4 is 10.1 Å². The number of nitrogens with one attached hydrogen (secondary N) is 1. The largest absolute Gasteiger partial charge is 0.484 e. The summed E-state index contributed by atoms with van der Waals surface area (Å²) in [7, 11) is 0. The lowest BCUT2D eigenvalue weighted by Gasteiger charge is -2.15. The first kappa shape index (κ1) is 17.0. The molecule has 0 unspecified atom stereocenters. The summed E-state index contributed by atoms with van der Waals surface area (Å²) in [5.41, 5.74) is 1.51. The van der Waals surface area contributed by atoms with E-state index in [9.17, 15) is 9.59 Å². The molecule has 0 spiro atoms. The molecule has 0 bridgehead atoms. The Kier molecular flexibility index (Phi) is 5.77. The molecule has 2 aromatic rings. The molecule has 1 amide bonds. The monoisotopic (exact) mass is 331 g/mol. The van der Waals surface area contributed by atoms with Gasteiger partial charge in [-0.2, -0.15) is 0 Å². The average molecular weight is 332 g/mol. The van der Waals surface area contributed by atoms with Gasteiger partial charge in [0, 0.05) is 10.6 Å². The molecular formula is C18H18ClNO3. The van der Waals surface area contributed by atoms with Crippen molar-refractivity contribution in [2.75, 3.05) is 6.61 Å². The number of ketones is 1. The Balaban J connectivity index is 1.88. The lowest BCUT2D eigenvalue weighted by atomic mass is 10.1. The molecule has 1 atom stereocenters. The molecule has 120 valence electrons. The van der Waals surface area contributed by atoms with Crippen molar-refractivity contribution in [1.29, 1.82) is 0 Å². The normalized spacial score (nSPS) is 11.6. The van der Waals surface area contributed by atoms with Crippen LogP contribution in [-0.2, 0) is 4.79 Å². The number of amides is 1. The van der Waals surface area contributed by atoms with Crippen molar-refractivity contribution in [2.45, 2.75) is 19.9 Å². The molecule has 0 saturated heterocycles. The third-order valence-corrected chi connectivity index (χ3v) is 3.61. The molecule has 23 heavy (non-hydrogen) atoms. The van der Waals surface area contributed by atoms with Gasteiger partial charge in [-0.25, -0.2) is 0 Å². The Bertz CT molecular complexity index is 698. The van der Waals surface area contributed by atoms with Crippen LogP contribution in [0.3, 0.4) is 0 Å². The second kappa shape index (κ2) is 7.79. The van der Waals surface area contributed by atoms with Gasteiger partial charge in [0.2, 0.25) is 0 Å². The quantitative estimate of drug-likeness (QED) is 0.819. The van der Waals surface area contributed by atoms with Crippen molar-refractivity contribution in [1.82, 2.24) is 5.32 Å². The third-order valence-electron chi connectivity index (χ3n) is 3.36. The Labute approximate surface area is 140 Å². The number of hydrogen-bond donors (Lipinski definition) is 1. The number of rotatable bonds is 6. The van der Waals surface area contributed by atoms with E-state index in [2.05, 4.69) is 5.32 Å². The molecule has 4 nitrogen and oxygen atoms in total. The van der Waals surface area contributed by atoms with Gasteiger partial charge >= 0.3 is 0 Å². The highest BCUT2D eigenvalue weighted by molar-refractivity contribution is 6.30.